The van der Waals surface area contributed by atoms with Crippen molar-refractivity contribution in [3.8, 4) is 0 Å². The number of nitrogens with two attached hydrogens (primary N) is 1. The van der Waals surface area contributed by atoms with Crippen molar-refractivity contribution in [2.75, 3.05) is 32.5 Å². The molecule has 0 bridgehead atoms. The van der Waals surface area contributed by atoms with E-state index in [2.05, 4.69) is 5.32 Å². The topological polar surface area (TPSA) is 159 Å². The van der Waals surface area contributed by atoms with Crippen LogP contribution in [0.15, 0.2) is 35.9 Å². The third-order valence-corrected chi connectivity index (χ3v) is 7.87. The number of carboxylic acids is 2. The molecular weight excluding hydrogens is 489 g/mol. The average molecular weight is 516 g/mol. The fourth-order valence-corrected chi connectivity index (χ4v) is 6.19. The molecule has 3 unspecified atom stereocenters. The monoisotopic (exact) mass is 515 g/mol. The van der Waals surface area contributed by atoms with Gasteiger partial charge in [0.25, 0.3) is 0 Å². The van der Waals surface area contributed by atoms with E-state index in [1.54, 1.807) is 11.0 Å². The summed E-state index contributed by atoms with van der Waals surface area (Å²) in [7, 11) is 3.80. The number of esters is 1. The van der Waals surface area contributed by atoms with Gasteiger partial charge in [0.05, 0.1) is 13.2 Å². The minimum atomic E-state index is -1.18. The van der Waals surface area contributed by atoms with Crippen molar-refractivity contribution >= 4 is 45.4 Å². The fraction of sp³-hybridized carbons (Fsp3) is 0.429. The van der Waals surface area contributed by atoms with Crippen molar-refractivity contribution in [3.63, 3.8) is 0 Å². The highest BCUT2D eigenvalue weighted by Crippen LogP contribution is 2.38. The van der Waals surface area contributed by atoms with Gasteiger partial charge in [-0.15, -0.1) is 0 Å². The van der Waals surface area contributed by atoms with E-state index in [1.165, 1.54) is 46.9 Å². The molecule has 1 aliphatic rings. The Morgan fingerprint density at radius 2 is 2.03 bits per heavy atom. The standard InChI is InChI=1S/C21H26FN3O7S2/c1-32-21(31)19(13-4-2-3-5-14(13)22)25-7-6-16(12(10-25)8-17(26)27)34-33-11-15(23)20(30)24-9-18(28)29/h2-5,8,15-16,19H,6-7,9-11,23H2,1H3,(H,24,30)(H,26,27)(H,28,29)/b12-8-. The molecule has 1 heterocycles. The second-order valence-corrected chi connectivity index (χ2v) is 9.97. The van der Waals surface area contributed by atoms with Gasteiger partial charge in [0.1, 0.15) is 18.4 Å². The maximum atomic E-state index is 14.5. The number of aliphatic carboxylic acids is 2. The molecule has 2 rings (SSSR count). The van der Waals surface area contributed by atoms with Crippen molar-refractivity contribution in [2.24, 2.45) is 5.73 Å². The van der Waals surface area contributed by atoms with Crippen molar-refractivity contribution in [1.29, 1.82) is 0 Å². The molecule has 0 spiro atoms. The summed E-state index contributed by atoms with van der Waals surface area (Å²) in [6, 6.07) is 3.88. The van der Waals surface area contributed by atoms with Gasteiger partial charge in [0.15, 0.2) is 0 Å². The molecule has 0 radical (unpaired) electrons. The lowest BCUT2D eigenvalue weighted by atomic mass is 9.98. The van der Waals surface area contributed by atoms with E-state index in [0.717, 1.165) is 6.08 Å². The molecule has 1 saturated heterocycles. The van der Waals surface area contributed by atoms with Crippen LogP contribution in [0.2, 0.25) is 0 Å². The first-order valence-electron chi connectivity index (χ1n) is 10.2. The number of carbonyl (C=O) groups is 4. The third kappa shape index (κ3) is 8.01. The number of nitrogens with zero attached hydrogens (tertiary/aromatic N) is 1. The van der Waals surface area contributed by atoms with Gasteiger partial charge in [0, 0.05) is 35.7 Å². The summed E-state index contributed by atoms with van der Waals surface area (Å²) < 4.78 is 19.3. The molecule has 10 nitrogen and oxygen atoms in total. The minimum Gasteiger partial charge on any atom is -0.480 e. The first kappa shape index (κ1) is 27.6. The number of carboxylic acid groups (broad SMARTS) is 2. The molecule has 1 amide bonds. The first-order valence-corrected chi connectivity index (χ1v) is 12.5. The summed E-state index contributed by atoms with van der Waals surface area (Å²) in [6.45, 7) is -0.0596. The highest BCUT2D eigenvalue weighted by atomic mass is 33.1. The number of piperidine rings is 1. The van der Waals surface area contributed by atoms with E-state index in [-0.39, 0.29) is 23.1 Å². The maximum Gasteiger partial charge on any atom is 0.328 e. The summed E-state index contributed by atoms with van der Waals surface area (Å²) in [5, 5.41) is 19.9. The van der Waals surface area contributed by atoms with Crippen LogP contribution in [0.4, 0.5) is 4.39 Å². The second-order valence-electron chi connectivity index (χ2n) is 7.35. The number of benzene rings is 1. The van der Waals surface area contributed by atoms with Gasteiger partial charge in [-0.1, -0.05) is 39.8 Å². The molecule has 0 aromatic heterocycles. The lowest BCUT2D eigenvalue weighted by Crippen LogP contribution is -2.44. The predicted octanol–water partition coefficient (Wildman–Crippen LogP) is 1.03. The molecule has 3 atom stereocenters. The maximum absolute atomic E-state index is 14.5. The average Bonchev–Trinajstić information content (AvgIpc) is 2.79. The van der Waals surface area contributed by atoms with E-state index in [4.69, 9.17) is 15.6 Å². The number of halogens is 1. The largest absolute Gasteiger partial charge is 0.480 e. The summed E-state index contributed by atoms with van der Waals surface area (Å²) in [6.07, 6.45) is 1.53. The van der Waals surface area contributed by atoms with Gasteiger partial charge in [0.2, 0.25) is 5.91 Å². The quantitative estimate of drug-likeness (QED) is 0.189. The van der Waals surface area contributed by atoms with Crippen LogP contribution in [0, 0.1) is 5.82 Å². The third-order valence-electron chi connectivity index (χ3n) is 4.96. The molecule has 0 aliphatic carbocycles. The Balaban J connectivity index is 2.08. The smallest absolute Gasteiger partial charge is 0.328 e. The van der Waals surface area contributed by atoms with Crippen LogP contribution >= 0.6 is 21.6 Å². The van der Waals surface area contributed by atoms with Gasteiger partial charge >= 0.3 is 17.9 Å². The van der Waals surface area contributed by atoms with E-state index in [1.807, 2.05) is 0 Å². The van der Waals surface area contributed by atoms with Crippen LogP contribution in [0.1, 0.15) is 18.0 Å². The first-order chi connectivity index (χ1) is 16.1. The molecule has 0 saturated carbocycles. The number of rotatable bonds is 11. The molecule has 5 N–H and O–H groups in total. The van der Waals surface area contributed by atoms with Gasteiger partial charge in [-0.25, -0.2) is 14.0 Å². The van der Waals surface area contributed by atoms with Crippen molar-refractivity contribution in [1.82, 2.24) is 10.2 Å². The van der Waals surface area contributed by atoms with Crippen LogP contribution < -0.4 is 11.1 Å². The number of amides is 1. The summed E-state index contributed by atoms with van der Waals surface area (Å²) in [5.41, 5.74) is 6.44. The van der Waals surface area contributed by atoms with Crippen LogP contribution in [0.5, 0.6) is 0 Å². The van der Waals surface area contributed by atoms with Gasteiger partial charge in [-0.2, -0.15) is 0 Å². The number of ether oxygens (including phenoxy) is 1. The Morgan fingerprint density at radius 1 is 1.32 bits per heavy atom. The van der Waals surface area contributed by atoms with Gasteiger partial charge in [-0.3, -0.25) is 14.5 Å². The Morgan fingerprint density at radius 3 is 2.65 bits per heavy atom. The molecule has 1 fully saturated rings. The lowest BCUT2D eigenvalue weighted by Gasteiger charge is -2.37. The van der Waals surface area contributed by atoms with Crippen molar-refractivity contribution < 1.29 is 38.5 Å². The van der Waals surface area contributed by atoms with Crippen molar-refractivity contribution in [3.05, 3.63) is 47.3 Å². The van der Waals surface area contributed by atoms with E-state index >= 15 is 0 Å². The van der Waals surface area contributed by atoms with Crippen molar-refractivity contribution in [2.45, 2.75) is 23.8 Å². The van der Waals surface area contributed by atoms with Gasteiger partial charge in [-0.05, 0) is 18.1 Å². The fourth-order valence-electron chi connectivity index (χ4n) is 3.36. The molecule has 186 valence electrons. The van der Waals surface area contributed by atoms with E-state index in [9.17, 15) is 28.7 Å². The number of hydrogen-bond donors (Lipinski definition) is 4. The van der Waals surface area contributed by atoms with E-state index < -0.39 is 48.3 Å². The molecule has 1 aromatic rings. The van der Waals surface area contributed by atoms with Gasteiger partial charge < -0.3 is 26.0 Å². The van der Waals surface area contributed by atoms with Crippen LogP contribution in [0.3, 0.4) is 0 Å². The summed E-state index contributed by atoms with van der Waals surface area (Å²) in [4.78, 5) is 48.0. The zero-order valence-electron chi connectivity index (χ0n) is 18.3. The molecule has 34 heavy (non-hydrogen) atoms. The van der Waals surface area contributed by atoms with Crippen LogP contribution in [-0.4, -0.2) is 82.7 Å². The predicted molar refractivity (Wildman–Crippen MR) is 126 cm³/mol. The number of hydrogen-bond acceptors (Lipinski definition) is 9. The Hall–Kier alpha value is -2.61. The number of carbonyl (C=O) groups excluding carboxylic acids is 2. The van der Waals surface area contributed by atoms with E-state index in [0.29, 0.717) is 18.5 Å². The highest BCUT2D eigenvalue weighted by molar-refractivity contribution is 8.77. The number of nitrogens with one attached hydrogen (secondary N) is 1. The van der Waals surface area contributed by atoms with Crippen LogP contribution in [0.25, 0.3) is 0 Å². The Kier molecular flexibility index (Phi) is 10.8. The number of methoxy groups -OCH3 is 1. The lowest BCUT2D eigenvalue weighted by molar-refractivity contribution is -0.147. The SMILES string of the molecule is COC(=O)C(c1ccccc1F)N1CCC(SSCC(N)C(=O)NCC(=O)O)/C(=C\C(=O)O)C1. The number of likely N-dealkylation sites (tertiary alicyclic amines) is 1. The highest BCUT2D eigenvalue weighted by Gasteiger charge is 2.36. The Labute approximate surface area is 203 Å². The summed E-state index contributed by atoms with van der Waals surface area (Å²) >= 11 is 0. The normalized spacial score (nSPS) is 19.3. The second kappa shape index (κ2) is 13.3. The molecule has 1 aliphatic heterocycles. The minimum absolute atomic E-state index is 0.101. The molecule has 1 aromatic carbocycles. The summed E-state index contributed by atoms with van der Waals surface area (Å²) in [5.74, 6) is -3.98. The molecule has 13 heteroatoms. The molecular formula is C21H26FN3O7S2. The Bertz CT molecular complexity index is 947. The zero-order chi connectivity index (χ0) is 25.3. The van der Waals surface area contributed by atoms with Crippen LogP contribution in [-0.2, 0) is 23.9 Å². The zero-order valence-corrected chi connectivity index (χ0v) is 19.9.